The molecule has 2 rings (SSSR count). The second-order valence-corrected chi connectivity index (χ2v) is 5.36. The SMILES string of the molecule is CCC1CN(C(=O)CCNC2CC2)CCN1C. The van der Waals surface area contributed by atoms with Gasteiger partial charge in [-0.25, -0.2) is 0 Å². The molecule has 0 radical (unpaired) electrons. The van der Waals surface area contributed by atoms with E-state index < -0.39 is 0 Å². The van der Waals surface area contributed by atoms with Gasteiger partial charge in [0.05, 0.1) is 0 Å². The summed E-state index contributed by atoms with van der Waals surface area (Å²) in [6.45, 7) is 5.88. The van der Waals surface area contributed by atoms with E-state index in [1.165, 1.54) is 12.8 Å². The molecule has 1 N–H and O–H groups in total. The van der Waals surface area contributed by atoms with E-state index in [0.717, 1.165) is 32.6 Å². The van der Waals surface area contributed by atoms with Gasteiger partial charge >= 0.3 is 0 Å². The van der Waals surface area contributed by atoms with Gasteiger partial charge in [0.1, 0.15) is 0 Å². The fraction of sp³-hybridized carbons (Fsp3) is 0.923. The van der Waals surface area contributed by atoms with Crippen molar-refractivity contribution in [2.45, 2.75) is 44.7 Å². The Balaban J connectivity index is 1.70. The van der Waals surface area contributed by atoms with Crippen molar-refractivity contribution >= 4 is 5.91 Å². The van der Waals surface area contributed by atoms with Gasteiger partial charge < -0.3 is 10.2 Å². The van der Waals surface area contributed by atoms with Crippen LogP contribution < -0.4 is 5.32 Å². The van der Waals surface area contributed by atoms with Crippen LogP contribution in [0, 0.1) is 0 Å². The molecule has 17 heavy (non-hydrogen) atoms. The summed E-state index contributed by atoms with van der Waals surface area (Å²) in [6, 6.07) is 1.25. The van der Waals surface area contributed by atoms with Crippen LogP contribution in [-0.2, 0) is 4.79 Å². The predicted molar refractivity (Wildman–Crippen MR) is 68.9 cm³/mol. The Bertz CT molecular complexity index is 265. The zero-order valence-corrected chi connectivity index (χ0v) is 11.1. The molecule has 0 spiro atoms. The summed E-state index contributed by atoms with van der Waals surface area (Å²) in [7, 11) is 2.16. The van der Waals surface area contributed by atoms with Crippen LogP contribution in [0.3, 0.4) is 0 Å². The van der Waals surface area contributed by atoms with Crippen molar-refractivity contribution in [2.24, 2.45) is 0 Å². The molecule has 1 heterocycles. The normalized spacial score (nSPS) is 26.2. The zero-order chi connectivity index (χ0) is 12.3. The Kier molecular flexibility index (Phi) is 4.40. The van der Waals surface area contributed by atoms with Crippen molar-refractivity contribution in [3.8, 4) is 0 Å². The Hall–Kier alpha value is -0.610. The number of amides is 1. The standard InChI is InChI=1S/C13H25N3O/c1-3-12-10-16(9-8-15(12)2)13(17)6-7-14-11-4-5-11/h11-12,14H,3-10H2,1-2H3. The maximum absolute atomic E-state index is 12.0. The van der Waals surface area contributed by atoms with Crippen LogP contribution in [0.4, 0.5) is 0 Å². The van der Waals surface area contributed by atoms with Gasteiger partial charge in [-0.1, -0.05) is 6.92 Å². The molecular weight excluding hydrogens is 214 g/mol. The minimum atomic E-state index is 0.324. The van der Waals surface area contributed by atoms with Gasteiger partial charge in [-0.3, -0.25) is 9.69 Å². The molecule has 1 aliphatic heterocycles. The molecule has 98 valence electrons. The Morgan fingerprint density at radius 3 is 2.76 bits per heavy atom. The van der Waals surface area contributed by atoms with Gasteiger partial charge in [0.2, 0.25) is 5.91 Å². The highest BCUT2D eigenvalue weighted by atomic mass is 16.2. The first-order valence-electron chi connectivity index (χ1n) is 6.92. The largest absolute Gasteiger partial charge is 0.340 e. The van der Waals surface area contributed by atoms with Crippen LogP contribution >= 0.6 is 0 Å². The second-order valence-electron chi connectivity index (χ2n) is 5.36. The Morgan fingerprint density at radius 2 is 2.12 bits per heavy atom. The average molecular weight is 239 g/mol. The van der Waals surface area contributed by atoms with E-state index in [1.54, 1.807) is 0 Å². The van der Waals surface area contributed by atoms with E-state index in [0.29, 0.717) is 24.4 Å². The second kappa shape index (κ2) is 5.83. The summed E-state index contributed by atoms with van der Waals surface area (Å²) in [6.07, 6.45) is 4.37. The lowest BCUT2D eigenvalue weighted by molar-refractivity contribution is -0.133. The molecule has 0 bridgehead atoms. The summed E-state index contributed by atoms with van der Waals surface area (Å²) >= 11 is 0. The van der Waals surface area contributed by atoms with Crippen LogP contribution in [0.2, 0.25) is 0 Å². The maximum Gasteiger partial charge on any atom is 0.223 e. The molecule has 0 aromatic heterocycles. The molecule has 1 unspecified atom stereocenters. The van der Waals surface area contributed by atoms with Gasteiger partial charge in [0.15, 0.2) is 0 Å². The van der Waals surface area contributed by atoms with Gasteiger partial charge in [-0.15, -0.1) is 0 Å². The number of rotatable bonds is 5. The van der Waals surface area contributed by atoms with E-state index in [4.69, 9.17) is 0 Å². The van der Waals surface area contributed by atoms with E-state index in [-0.39, 0.29) is 0 Å². The monoisotopic (exact) mass is 239 g/mol. The number of carbonyl (C=O) groups is 1. The van der Waals surface area contributed by atoms with E-state index >= 15 is 0 Å². The number of piperazine rings is 1. The third-order valence-electron chi connectivity index (χ3n) is 3.95. The lowest BCUT2D eigenvalue weighted by atomic mass is 10.1. The van der Waals surface area contributed by atoms with E-state index in [2.05, 4.69) is 24.2 Å². The first kappa shape index (κ1) is 12.8. The minimum Gasteiger partial charge on any atom is -0.340 e. The van der Waals surface area contributed by atoms with Crippen molar-refractivity contribution in [3.63, 3.8) is 0 Å². The van der Waals surface area contributed by atoms with Crippen molar-refractivity contribution < 1.29 is 4.79 Å². The topological polar surface area (TPSA) is 35.6 Å². The molecule has 0 aromatic carbocycles. The highest BCUT2D eigenvalue weighted by Crippen LogP contribution is 2.18. The molecule has 2 fully saturated rings. The van der Waals surface area contributed by atoms with Gasteiger partial charge in [0, 0.05) is 44.7 Å². The molecule has 1 atom stereocenters. The average Bonchev–Trinajstić information content (AvgIpc) is 3.13. The fourth-order valence-electron chi connectivity index (χ4n) is 2.44. The number of nitrogens with one attached hydrogen (secondary N) is 1. The molecule has 1 saturated carbocycles. The van der Waals surface area contributed by atoms with Gasteiger partial charge in [-0.05, 0) is 26.3 Å². The number of nitrogens with zero attached hydrogens (tertiary/aromatic N) is 2. The molecule has 2 aliphatic rings. The van der Waals surface area contributed by atoms with E-state index in [1.807, 2.05) is 4.90 Å². The Labute approximate surface area is 104 Å². The predicted octanol–water partition coefficient (Wildman–Crippen LogP) is 0.681. The van der Waals surface area contributed by atoms with Crippen LogP contribution in [-0.4, -0.2) is 61.0 Å². The van der Waals surface area contributed by atoms with Crippen molar-refractivity contribution in [3.05, 3.63) is 0 Å². The van der Waals surface area contributed by atoms with Gasteiger partial charge in [0.25, 0.3) is 0 Å². The van der Waals surface area contributed by atoms with Crippen molar-refractivity contribution in [1.82, 2.24) is 15.1 Å². The summed E-state index contributed by atoms with van der Waals surface area (Å²) in [5.74, 6) is 0.324. The Morgan fingerprint density at radius 1 is 1.35 bits per heavy atom. The molecule has 0 aromatic rings. The highest BCUT2D eigenvalue weighted by Gasteiger charge is 2.26. The zero-order valence-electron chi connectivity index (χ0n) is 11.1. The number of hydrogen-bond donors (Lipinski definition) is 1. The highest BCUT2D eigenvalue weighted by molar-refractivity contribution is 5.76. The minimum absolute atomic E-state index is 0.324. The third kappa shape index (κ3) is 3.68. The first-order chi connectivity index (χ1) is 8.20. The summed E-state index contributed by atoms with van der Waals surface area (Å²) in [5.41, 5.74) is 0. The first-order valence-corrected chi connectivity index (χ1v) is 6.92. The van der Waals surface area contributed by atoms with Crippen molar-refractivity contribution in [1.29, 1.82) is 0 Å². The van der Waals surface area contributed by atoms with Crippen LogP contribution in [0.15, 0.2) is 0 Å². The molecule has 4 heteroatoms. The lowest BCUT2D eigenvalue weighted by Gasteiger charge is -2.39. The van der Waals surface area contributed by atoms with Gasteiger partial charge in [-0.2, -0.15) is 0 Å². The number of hydrogen-bond acceptors (Lipinski definition) is 3. The fourth-order valence-corrected chi connectivity index (χ4v) is 2.44. The van der Waals surface area contributed by atoms with Crippen LogP contribution in [0.1, 0.15) is 32.6 Å². The number of likely N-dealkylation sites (N-methyl/N-ethyl adjacent to an activating group) is 1. The lowest BCUT2D eigenvalue weighted by Crippen LogP contribution is -2.53. The molecular formula is C13H25N3O. The quantitative estimate of drug-likeness (QED) is 0.766. The molecule has 4 nitrogen and oxygen atoms in total. The summed E-state index contributed by atoms with van der Waals surface area (Å²) in [5, 5.41) is 3.40. The molecule has 1 saturated heterocycles. The third-order valence-corrected chi connectivity index (χ3v) is 3.95. The van der Waals surface area contributed by atoms with Crippen LogP contribution in [0.5, 0.6) is 0 Å². The number of carbonyl (C=O) groups excluding carboxylic acids is 1. The molecule has 1 aliphatic carbocycles. The van der Waals surface area contributed by atoms with Crippen LogP contribution in [0.25, 0.3) is 0 Å². The smallest absolute Gasteiger partial charge is 0.223 e. The summed E-state index contributed by atoms with van der Waals surface area (Å²) < 4.78 is 0. The summed E-state index contributed by atoms with van der Waals surface area (Å²) in [4.78, 5) is 16.4. The molecule has 1 amide bonds. The van der Waals surface area contributed by atoms with Crippen molar-refractivity contribution in [2.75, 3.05) is 33.2 Å². The maximum atomic E-state index is 12.0. The van der Waals surface area contributed by atoms with E-state index in [9.17, 15) is 4.79 Å².